The van der Waals surface area contributed by atoms with Gasteiger partial charge in [-0.15, -0.1) is 0 Å². The van der Waals surface area contributed by atoms with Crippen LogP contribution in [0.1, 0.15) is 10.5 Å². The normalized spacial score (nSPS) is 11.0. The first-order valence-corrected chi connectivity index (χ1v) is 6.94. The highest BCUT2D eigenvalue weighted by Crippen LogP contribution is 2.27. The van der Waals surface area contributed by atoms with Crippen molar-refractivity contribution in [1.29, 1.82) is 0 Å². The van der Waals surface area contributed by atoms with Crippen molar-refractivity contribution >= 4 is 44.5 Å². The van der Waals surface area contributed by atoms with Gasteiger partial charge in [-0.25, -0.2) is 9.07 Å². The third kappa shape index (κ3) is 2.28. The van der Waals surface area contributed by atoms with E-state index in [1.807, 2.05) is 0 Å². The van der Waals surface area contributed by atoms with Gasteiger partial charge in [0.15, 0.2) is 5.69 Å². The molecule has 0 bridgehead atoms. The monoisotopic (exact) mass is 368 g/mol. The number of benzene rings is 1. The van der Waals surface area contributed by atoms with E-state index in [-0.39, 0.29) is 22.4 Å². The molecule has 0 atom stereocenters. The van der Waals surface area contributed by atoms with Crippen molar-refractivity contribution in [3.05, 3.63) is 51.5 Å². The first kappa shape index (κ1) is 14.0. The van der Waals surface area contributed by atoms with Crippen molar-refractivity contribution in [2.45, 2.75) is 0 Å². The molecule has 2 heterocycles. The second kappa shape index (κ2) is 5.09. The number of nitrogens with zero attached hydrogens (tertiary/aromatic N) is 3. The average Bonchev–Trinajstić information content (AvgIpc) is 2.79. The highest BCUT2D eigenvalue weighted by Gasteiger charge is 2.21. The van der Waals surface area contributed by atoms with E-state index in [2.05, 4.69) is 26.0 Å². The summed E-state index contributed by atoms with van der Waals surface area (Å²) in [4.78, 5) is 15.8. The van der Waals surface area contributed by atoms with Gasteiger partial charge in [-0.1, -0.05) is 27.5 Å². The predicted octanol–water partition coefficient (Wildman–Crippen LogP) is 3.07. The Morgan fingerprint density at radius 1 is 1.33 bits per heavy atom. The fourth-order valence-electron chi connectivity index (χ4n) is 2.00. The summed E-state index contributed by atoms with van der Waals surface area (Å²) >= 11 is 9.20. The van der Waals surface area contributed by atoms with Gasteiger partial charge in [-0.2, -0.15) is 5.10 Å². The number of halogens is 3. The molecule has 3 rings (SSSR count). The molecule has 0 radical (unpaired) electrons. The molecule has 0 saturated heterocycles. The number of fused-ring (bicyclic) bond motifs is 1. The van der Waals surface area contributed by atoms with Crippen molar-refractivity contribution < 1.29 is 9.18 Å². The summed E-state index contributed by atoms with van der Waals surface area (Å²) in [6.45, 7) is 0. The summed E-state index contributed by atoms with van der Waals surface area (Å²) in [6, 6.07) is 5.90. The Kier molecular flexibility index (Phi) is 3.38. The Bertz CT molecular complexity index is 880. The Balaban J connectivity index is 2.39. The highest BCUT2D eigenvalue weighted by molar-refractivity contribution is 9.10. The zero-order chi connectivity index (χ0) is 15.1. The summed E-state index contributed by atoms with van der Waals surface area (Å²) in [5.41, 5.74) is 5.96. The SMILES string of the molecule is NC(=O)c1c2nccc(Cl)c2nn1-c1ccc(Br)cc1F. The first-order valence-electron chi connectivity index (χ1n) is 5.77. The van der Waals surface area contributed by atoms with Crippen molar-refractivity contribution in [1.82, 2.24) is 14.8 Å². The second-order valence-electron chi connectivity index (χ2n) is 4.21. The molecule has 0 saturated carbocycles. The van der Waals surface area contributed by atoms with Gasteiger partial charge in [-0.3, -0.25) is 9.78 Å². The minimum atomic E-state index is -0.769. The standard InChI is InChI=1S/C13H7BrClFN4O/c14-6-1-2-9(8(16)5-6)20-12(13(17)21)11-10(19-20)7(15)3-4-18-11/h1-5H,(H2,17,21). The van der Waals surface area contributed by atoms with Crippen LogP contribution in [-0.2, 0) is 0 Å². The first-order chi connectivity index (χ1) is 9.99. The van der Waals surface area contributed by atoms with Crippen LogP contribution in [0.15, 0.2) is 34.9 Å². The highest BCUT2D eigenvalue weighted by atomic mass is 79.9. The number of hydrogen-bond donors (Lipinski definition) is 1. The number of carbonyl (C=O) groups excluding carboxylic acids is 1. The van der Waals surface area contributed by atoms with Gasteiger partial charge < -0.3 is 5.73 Å². The molecule has 8 heteroatoms. The number of hydrogen-bond acceptors (Lipinski definition) is 3. The smallest absolute Gasteiger partial charge is 0.269 e. The molecular formula is C13H7BrClFN4O. The second-order valence-corrected chi connectivity index (χ2v) is 5.53. The summed E-state index contributed by atoms with van der Waals surface area (Å²) in [7, 11) is 0. The minimum absolute atomic E-state index is 0.0197. The summed E-state index contributed by atoms with van der Waals surface area (Å²) in [5.74, 6) is -1.33. The van der Waals surface area contributed by atoms with Gasteiger partial charge in [0.1, 0.15) is 22.5 Å². The third-order valence-electron chi connectivity index (χ3n) is 2.88. The molecule has 1 amide bonds. The largest absolute Gasteiger partial charge is 0.364 e. The van der Waals surface area contributed by atoms with Gasteiger partial charge in [0, 0.05) is 10.7 Å². The zero-order valence-corrected chi connectivity index (χ0v) is 12.7. The van der Waals surface area contributed by atoms with E-state index < -0.39 is 11.7 Å². The lowest BCUT2D eigenvalue weighted by atomic mass is 10.2. The molecule has 0 aliphatic carbocycles. The van der Waals surface area contributed by atoms with Gasteiger partial charge in [0.25, 0.3) is 5.91 Å². The molecule has 0 aliphatic rings. The van der Waals surface area contributed by atoms with Crippen molar-refractivity contribution in [3.8, 4) is 5.69 Å². The average molecular weight is 370 g/mol. The molecule has 1 aromatic carbocycles. The molecule has 0 unspecified atom stereocenters. The number of rotatable bonds is 2. The van der Waals surface area contributed by atoms with Gasteiger partial charge >= 0.3 is 0 Å². The Morgan fingerprint density at radius 2 is 2.10 bits per heavy atom. The number of nitrogens with two attached hydrogens (primary N) is 1. The molecule has 21 heavy (non-hydrogen) atoms. The summed E-state index contributed by atoms with van der Waals surface area (Å²) in [5, 5.41) is 4.46. The van der Waals surface area contributed by atoms with Crippen LogP contribution in [0.5, 0.6) is 0 Å². The van der Waals surface area contributed by atoms with Crippen molar-refractivity contribution in [2.24, 2.45) is 5.73 Å². The van der Waals surface area contributed by atoms with Gasteiger partial charge in [0.05, 0.1) is 5.02 Å². The van der Waals surface area contributed by atoms with Crippen molar-refractivity contribution in [2.75, 3.05) is 0 Å². The molecular weight excluding hydrogens is 363 g/mol. The number of primary amides is 1. The van der Waals surface area contributed by atoms with Crippen LogP contribution < -0.4 is 5.73 Å². The van der Waals surface area contributed by atoms with Crippen LogP contribution in [0.2, 0.25) is 5.02 Å². The Labute approximate surface area is 131 Å². The molecule has 2 aromatic heterocycles. The van der Waals surface area contributed by atoms with E-state index in [1.165, 1.54) is 24.4 Å². The topological polar surface area (TPSA) is 73.8 Å². The lowest BCUT2D eigenvalue weighted by molar-refractivity contribution is 0.0994. The van der Waals surface area contributed by atoms with E-state index in [0.29, 0.717) is 9.50 Å². The van der Waals surface area contributed by atoms with Crippen LogP contribution in [0, 0.1) is 5.82 Å². The summed E-state index contributed by atoms with van der Waals surface area (Å²) in [6.07, 6.45) is 1.43. The maximum absolute atomic E-state index is 14.1. The van der Waals surface area contributed by atoms with Gasteiger partial charge in [0.2, 0.25) is 0 Å². The molecule has 106 valence electrons. The molecule has 0 aliphatic heterocycles. The van der Waals surface area contributed by atoms with Gasteiger partial charge in [-0.05, 0) is 24.3 Å². The minimum Gasteiger partial charge on any atom is -0.364 e. The number of carbonyl (C=O) groups is 1. The zero-order valence-electron chi connectivity index (χ0n) is 10.3. The molecule has 5 nitrogen and oxygen atoms in total. The molecule has 2 N–H and O–H groups in total. The molecule has 0 spiro atoms. The molecule has 0 fully saturated rings. The fourth-order valence-corrected chi connectivity index (χ4v) is 2.51. The Morgan fingerprint density at radius 3 is 2.76 bits per heavy atom. The lowest BCUT2D eigenvalue weighted by Crippen LogP contribution is -2.18. The number of pyridine rings is 1. The maximum Gasteiger partial charge on any atom is 0.269 e. The van der Waals surface area contributed by atoms with E-state index >= 15 is 0 Å². The van der Waals surface area contributed by atoms with Crippen LogP contribution in [-0.4, -0.2) is 20.7 Å². The van der Waals surface area contributed by atoms with Crippen LogP contribution in [0.4, 0.5) is 4.39 Å². The number of amides is 1. The van der Waals surface area contributed by atoms with Crippen LogP contribution in [0.25, 0.3) is 16.7 Å². The number of aromatic nitrogens is 3. The summed E-state index contributed by atoms with van der Waals surface area (Å²) < 4.78 is 15.8. The van der Waals surface area contributed by atoms with Crippen LogP contribution in [0.3, 0.4) is 0 Å². The van der Waals surface area contributed by atoms with E-state index in [0.717, 1.165) is 4.68 Å². The third-order valence-corrected chi connectivity index (χ3v) is 3.68. The quantitative estimate of drug-likeness (QED) is 0.754. The maximum atomic E-state index is 14.1. The van der Waals surface area contributed by atoms with Crippen LogP contribution >= 0.6 is 27.5 Å². The van der Waals surface area contributed by atoms with E-state index in [1.54, 1.807) is 6.07 Å². The molecule has 3 aromatic rings. The Hall–Kier alpha value is -1.99. The lowest BCUT2D eigenvalue weighted by Gasteiger charge is -2.06. The fraction of sp³-hybridized carbons (Fsp3) is 0. The van der Waals surface area contributed by atoms with Crippen molar-refractivity contribution in [3.63, 3.8) is 0 Å². The van der Waals surface area contributed by atoms with E-state index in [4.69, 9.17) is 17.3 Å². The van der Waals surface area contributed by atoms with E-state index in [9.17, 15) is 9.18 Å². The predicted molar refractivity (Wildman–Crippen MR) is 80.1 cm³/mol.